The first-order valence-corrected chi connectivity index (χ1v) is 7.46. The Morgan fingerprint density at radius 2 is 1.77 bits per heavy atom. The molecule has 0 aliphatic carbocycles. The van der Waals surface area contributed by atoms with E-state index in [1.165, 1.54) is 11.1 Å². The summed E-state index contributed by atoms with van der Waals surface area (Å²) in [6, 6.07) is 10.2. The molecule has 0 aliphatic heterocycles. The highest BCUT2D eigenvalue weighted by Gasteiger charge is 2.14. The second-order valence-electron chi connectivity index (χ2n) is 5.81. The Labute approximate surface area is 130 Å². The molecule has 0 amide bonds. The Hall–Kier alpha value is -2.33. The highest BCUT2D eigenvalue weighted by atomic mass is 16.3. The zero-order chi connectivity index (χ0) is 15.9. The summed E-state index contributed by atoms with van der Waals surface area (Å²) in [5, 5.41) is 9.42. The Bertz CT molecular complexity index is 849. The maximum atomic E-state index is 9.42. The van der Waals surface area contributed by atoms with Crippen LogP contribution in [0.15, 0.2) is 30.3 Å². The molecule has 0 atom stereocenters. The van der Waals surface area contributed by atoms with Crippen LogP contribution in [0, 0.1) is 20.8 Å². The summed E-state index contributed by atoms with van der Waals surface area (Å²) in [4.78, 5) is 4.77. The zero-order valence-electron chi connectivity index (χ0n) is 13.2. The van der Waals surface area contributed by atoms with E-state index in [4.69, 9.17) is 10.7 Å². The first-order valence-electron chi connectivity index (χ1n) is 7.46. The monoisotopic (exact) mass is 295 g/mol. The molecular formula is C18H21N3O. The van der Waals surface area contributed by atoms with E-state index in [1.807, 2.05) is 25.1 Å². The molecule has 0 radical (unpaired) electrons. The summed E-state index contributed by atoms with van der Waals surface area (Å²) < 4.78 is 2.06. The van der Waals surface area contributed by atoms with E-state index in [-0.39, 0.29) is 6.61 Å². The van der Waals surface area contributed by atoms with Gasteiger partial charge in [0.25, 0.3) is 0 Å². The van der Waals surface area contributed by atoms with Gasteiger partial charge in [-0.3, -0.25) is 0 Å². The molecule has 0 unspecified atom stereocenters. The fourth-order valence-corrected chi connectivity index (χ4v) is 2.71. The van der Waals surface area contributed by atoms with E-state index in [0.717, 1.165) is 33.7 Å². The molecule has 3 rings (SSSR count). The van der Waals surface area contributed by atoms with Crippen molar-refractivity contribution < 1.29 is 5.11 Å². The zero-order valence-corrected chi connectivity index (χ0v) is 13.2. The summed E-state index contributed by atoms with van der Waals surface area (Å²) in [5.41, 5.74) is 13.3. The molecule has 4 nitrogen and oxygen atoms in total. The Balaban J connectivity index is 2.27. The van der Waals surface area contributed by atoms with E-state index < -0.39 is 0 Å². The number of aliphatic hydroxyl groups excluding tert-OH is 1. The number of benzene rings is 2. The van der Waals surface area contributed by atoms with Crippen LogP contribution in [0.5, 0.6) is 0 Å². The number of aryl methyl sites for hydroxylation is 3. The minimum atomic E-state index is 0.0761. The smallest absolute Gasteiger partial charge is 0.141 e. The second-order valence-corrected chi connectivity index (χ2v) is 5.81. The highest BCUT2D eigenvalue weighted by molar-refractivity contribution is 5.82. The number of nitrogens with zero attached hydrogens (tertiary/aromatic N) is 2. The average Bonchev–Trinajstić information content (AvgIpc) is 2.81. The van der Waals surface area contributed by atoms with Gasteiger partial charge in [0.2, 0.25) is 0 Å². The first-order chi connectivity index (χ1) is 10.5. The van der Waals surface area contributed by atoms with Gasteiger partial charge in [0, 0.05) is 17.8 Å². The number of aliphatic hydroxyl groups is 1. The molecule has 2 aromatic carbocycles. The molecule has 0 saturated carbocycles. The molecule has 3 N–H and O–H groups in total. The predicted octanol–water partition coefficient (Wildman–Crippen LogP) is 3.20. The molecule has 4 heteroatoms. The number of imidazole rings is 1. The standard InChI is InChI=1S/C18H21N3O/c1-11-4-5-14(10-15(11)19)18-20-16-8-12(2)13(3)9-17(16)21(18)6-7-22/h4-5,8-10,22H,6-7,19H2,1-3H3. The number of nitrogen functional groups attached to an aromatic ring is 1. The predicted molar refractivity (Wildman–Crippen MR) is 90.9 cm³/mol. The fourth-order valence-electron chi connectivity index (χ4n) is 2.71. The molecule has 114 valence electrons. The summed E-state index contributed by atoms with van der Waals surface area (Å²) in [5.74, 6) is 0.848. The quantitative estimate of drug-likeness (QED) is 0.729. The minimum absolute atomic E-state index is 0.0761. The van der Waals surface area contributed by atoms with Crippen molar-refractivity contribution in [3.05, 3.63) is 47.0 Å². The van der Waals surface area contributed by atoms with E-state index in [1.54, 1.807) is 0 Å². The third kappa shape index (κ3) is 2.35. The van der Waals surface area contributed by atoms with Gasteiger partial charge in [-0.05, 0) is 55.7 Å². The van der Waals surface area contributed by atoms with Gasteiger partial charge in [-0.1, -0.05) is 12.1 Å². The van der Waals surface area contributed by atoms with Crippen LogP contribution in [0.4, 0.5) is 5.69 Å². The SMILES string of the molecule is Cc1cc2nc(-c3ccc(C)c(N)c3)n(CCO)c2cc1C. The molecule has 0 bridgehead atoms. The van der Waals surface area contributed by atoms with Gasteiger partial charge in [0.15, 0.2) is 0 Å². The Morgan fingerprint density at radius 3 is 2.45 bits per heavy atom. The maximum Gasteiger partial charge on any atom is 0.141 e. The number of aromatic nitrogens is 2. The van der Waals surface area contributed by atoms with Gasteiger partial charge < -0.3 is 15.4 Å². The van der Waals surface area contributed by atoms with Crippen molar-refractivity contribution in [3.63, 3.8) is 0 Å². The van der Waals surface area contributed by atoms with E-state index in [0.29, 0.717) is 6.54 Å². The van der Waals surface area contributed by atoms with Crippen molar-refractivity contribution in [3.8, 4) is 11.4 Å². The van der Waals surface area contributed by atoms with Crippen molar-refractivity contribution >= 4 is 16.7 Å². The van der Waals surface area contributed by atoms with Crippen LogP contribution in [0.1, 0.15) is 16.7 Å². The van der Waals surface area contributed by atoms with Crippen LogP contribution in [-0.4, -0.2) is 21.3 Å². The van der Waals surface area contributed by atoms with Gasteiger partial charge in [-0.2, -0.15) is 0 Å². The number of nitrogens with two attached hydrogens (primary N) is 1. The van der Waals surface area contributed by atoms with Crippen molar-refractivity contribution in [1.82, 2.24) is 9.55 Å². The van der Waals surface area contributed by atoms with Gasteiger partial charge in [0.05, 0.1) is 17.6 Å². The number of anilines is 1. The first kappa shape index (κ1) is 14.6. The van der Waals surface area contributed by atoms with Crippen molar-refractivity contribution in [2.75, 3.05) is 12.3 Å². The van der Waals surface area contributed by atoms with Crippen LogP contribution < -0.4 is 5.73 Å². The lowest BCUT2D eigenvalue weighted by atomic mass is 10.1. The molecule has 0 aliphatic rings. The largest absolute Gasteiger partial charge is 0.398 e. The molecule has 3 aromatic rings. The summed E-state index contributed by atoms with van der Waals surface area (Å²) in [6.45, 7) is 6.76. The summed E-state index contributed by atoms with van der Waals surface area (Å²) in [7, 11) is 0. The van der Waals surface area contributed by atoms with Gasteiger partial charge in [0.1, 0.15) is 5.82 Å². The number of hydrogen-bond acceptors (Lipinski definition) is 3. The lowest BCUT2D eigenvalue weighted by molar-refractivity contribution is 0.278. The molecule has 22 heavy (non-hydrogen) atoms. The van der Waals surface area contributed by atoms with Crippen molar-refractivity contribution in [2.24, 2.45) is 0 Å². The van der Waals surface area contributed by atoms with Crippen LogP contribution >= 0.6 is 0 Å². The van der Waals surface area contributed by atoms with Crippen LogP contribution in [0.2, 0.25) is 0 Å². The van der Waals surface area contributed by atoms with Crippen molar-refractivity contribution in [1.29, 1.82) is 0 Å². The van der Waals surface area contributed by atoms with Crippen LogP contribution in [-0.2, 0) is 6.54 Å². The van der Waals surface area contributed by atoms with Gasteiger partial charge >= 0.3 is 0 Å². The molecule has 1 heterocycles. The van der Waals surface area contributed by atoms with Crippen LogP contribution in [0.25, 0.3) is 22.4 Å². The molecule has 1 aromatic heterocycles. The number of hydrogen-bond donors (Lipinski definition) is 2. The Morgan fingerprint density at radius 1 is 1.05 bits per heavy atom. The fraction of sp³-hybridized carbons (Fsp3) is 0.278. The lowest BCUT2D eigenvalue weighted by Crippen LogP contribution is -2.04. The second kappa shape index (κ2) is 5.46. The third-order valence-electron chi connectivity index (χ3n) is 4.22. The highest BCUT2D eigenvalue weighted by Crippen LogP contribution is 2.28. The van der Waals surface area contributed by atoms with Gasteiger partial charge in [-0.15, -0.1) is 0 Å². The minimum Gasteiger partial charge on any atom is -0.398 e. The normalized spacial score (nSPS) is 11.3. The summed E-state index contributed by atoms with van der Waals surface area (Å²) in [6.07, 6.45) is 0. The number of fused-ring (bicyclic) bond motifs is 1. The van der Waals surface area contributed by atoms with Crippen LogP contribution in [0.3, 0.4) is 0 Å². The van der Waals surface area contributed by atoms with E-state index in [2.05, 4.69) is 30.5 Å². The summed E-state index contributed by atoms with van der Waals surface area (Å²) >= 11 is 0. The molecule has 0 fully saturated rings. The van der Waals surface area contributed by atoms with Gasteiger partial charge in [-0.25, -0.2) is 4.98 Å². The molecule has 0 saturated heterocycles. The lowest BCUT2D eigenvalue weighted by Gasteiger charge is -2.09. The van der Waals surface area contributed by atoms with E-state index in [9.17, 15) is 5.11 Å². The number of rotatable bonds is 3. The molecular weight excluding hydrogens is 274 g/mol. The van der Waals surface area contributed by atoms with E-state index >= 15 is 0 Å². The maximum absolute atomic E-state index is 9.42. The Kier molecular flexibility index (Phi) is 3.62. The third-order valence-corrected chi connectivity index (χ3v) is 4.22. The topological polar surface area (TPSA) is 64.1 Å². The molecule has 0 spiro atoms. The van der Waals surface area contributed by atoms with Crippen molar-refractivity contribution in [2.45, 2.75) is 27.3 Å². The average molecular weight is 295 g/mol.